The van der Waals surface area contributed by atoms with Gasteiger partial charge in [-0.15, -0.1) is 0 Å². The fourth-order valence-corrected chi connectivity index (χ4v) is 3.11. The molecule has 16 heavy (non-hydrogen) atoms. The third-order valence-corrected chi connectivity index (χ3v) is 4.50. The number of hydrogen-bond acceptors (Lipinski definition) is 0. The second-order valence-electron chi connectivity index (χ2n) is 4.50. The molecule has 3 heteroatoms. The molecule has 1 aromatic carbocycles. The zero-order chi connectivity index (χ0) is 12.3. The summed E-state index contributed by atoms with van der Waals surface area (Å²) in [6.07, 6.45) is 0.891. The Morgan fingerprint density at radius 2 is 1.88 bits per heavy atom. The molecule has 90 valence electrons. The normalized spacial score (nSPS) is 15.2. The molecule has 0 aliphatic rings. The molecule has 0 aliphatic heterocycles. The Bertz CT molecular complexity index is 340. The van der Waals surface area contributed by atoms with Crippen LogP contribution < -0.4 is 0 Å². The van der Waals surface area contributed by atoms with E-state index in [2.05, 4.69) is 52.6 Å². The zero-order valence-corrected chi connectivity index (χ0v) is 13.0. The summed E-state index contributed by atoms with van der Waals surface area (Å²) in [5.41, 5.74) is 1.05. The third kappa shape index (κ3) is 3.56. The molecule has 0 spiro atoms. The summed E-state index contributed by atoms with van der Waals surface area (Å²) >= 11 is 6.95. The lowest BCUT2D eigenvalue weighted by Crippen LogP contribution is -2.20. The van der Waals surface area contributed by atoms with Gasteiger partial charge in [0.25, 0.3) is 0 Å². The minimum absolute atomic E-state index is 0.178. The summed E-state index contributed by atoms with van der Waals surface area (Å²) in [6.45, 7) is 6.56. The van der Waals surface area contributed by atoms with Crippen molar-refractivity contribution in [2.75, 3.05) is 0 Å². The maximum absolute atomic E-state index is 13.4. The van der Waals surface area contributed by atoms with E-state index in [1.54, 1.807) is 6.07 Å². The molecule has 0 nitrogen and oxygen atoms in total. The molecule has 0 saturated heterocycles. The van der Waals surface area contributed by atoms with Gasteiger partial charge >= 0.3 is 0 Å². The molecule has 0 aromatic heterocycles. The monoisotopic (exact) mass is 350 g/mol. The van der Waals surface area contributed by atoms with Crippen LogP contribution in [-0.4, -0.2) is 4.83 Å². The molecule has 0 aliphatic carbocycles. The average Bonchev–Trinajstić information content (AvgIpc) is 2.19. The van der Waals surface area contributed by atoms with Crippen molar-refractivity contribution in [3.05, 3.63) is 34.1 Å². The van der Waals surface area contributed by atoms with Crippen molar-refractivity contribution in [1.82, 2.24) is 0 Å². The van der Waals surface area contributed by atoms with Crippen molar-refractivity contribution in [2.24, 2.45) is 11.8 Å². The summed E-state index contributed by atoms with van der Waals surface area (Å²) < 4.78 is 14.0. The van der Waals surface area contributed by atoms with E-state index in [1.165, 1.54) is 6.07 Å². The van der Waals surface area contributed by atoms with Gasteiger partial charge in [-0.3, -0.25) is 0 Å². The number of benzene rings is 1. The fraction of sp³-hybridized carbons (Fsp3) is 0.538. The van der Waals surface area contributed by atoms with Crippen molar-refractivity contribution in [1.29, 1.82) is 0 Å². The quantitative estimate of drug-likeness (QED) is 0.655. The zero-order valence-electron chi connectivity index (χ0n) is 9.81. The Morgan fingerprint density at radius 3 is 2.38 bits per heavy atom. The number of rotatable bonds is 4. The van der Waals surface area contributed by atoms with Crippen LogP contribution in [0.5, 0.6) is 0 Å². The van der Waals surface area contributed by atoms with E-state index >= 15 is 0 Å². The highest BCUT2D eigenvalue weighted by Crippen LogP contribution is 2.29. The Balaban J connectivity index is 2.90. The van der Waals surface area contributed by atoms with Gasteiger partial charge in [-0.1, -0.05) is 48.8 Å². The lowest BCUT2D eigenvalue weighted by Gasteiger charge is -2.24. The second kappa shape index (κ2) is 6.15. The third-order valence-electron chi connectivity index (χ3n) is 2.93. The van der Waals surface area contributed by atoms with E-state index in [0.29, 0.717) is 21.1 Å². The van der Waals surface area contributed by atoms with Crippen LogP contribution in [-0.2, 0) is 6.42 Å². The molecular formula is C13H17Br2F. The van der Waals surface area contributed by atoms with Crippen LogP contribution in [0.15, 0.2) is 22.7 Å². The van der Waals surface area contributed by atoms with Gasteiger partial charge in [0.1, 0.15) is 5.82 Å². The van der Waals surface area contributed by atoms with E-state index in [9.17, 15) is 4.39 Å². The van der Waals surface area contributed by atoms with Crippen molar-refractivity contribution >= 4 is 31.9 Å². The van der Waals surface area contributed by atoms with Crippen LogP contribution >= 0.6 is 31.9 Å². The molecule has 0 bridgehead atoms. The van der Waals surface area contributed by atoms with Gasteiger partial charge in [0.15, 0.2) is 0 Å². The van der Waals surface area contributed by atoms with Gasteiger partial charge < -0.3 is 0 Å². The van der Waals surface area contributed by atoms with Crippen molar-refractivity contribution < 1.29 is 4.39 Å². The molecule has 0 amide bonds. The van der Waals surface area contributed by atoms with Gasteiger partial charge in [0.2, 0.25) is 0 Å². The first-order valence-corrected chi connectivity index (χ1v) is 7.21. The smallest absolute Gasteiger partial charge is 0.137 e. The van der Waals surface area contributed by atoms with E-state index in [-0.39, 0.29) is 5.82 Å². The predicted molar refractivity (Wildman–Crippen MR) is 74.5 cm³/mol. The van der Waals surface area contributed by atoms with Crippen molar-refractivity contribution in [3.8, 4) is 0 Å². The van der Waals surface area contributed by atoms with Gasteiger partial charge in [-0.25, -0.2) is 4.39 Å². The Morgan fingerprint density at radius 1 is 1.25 bits per heavy atom. The highest BCUT2D eigenvalue weighted by atomic mass is 79.9. The fourth-order valence-electron chi connectivity index (χ4n) is 1.89. The standard InChI is InChI=1S/C13H17Br2F/c1-8(2)11(9(3)14)7-10-5-4-6-12(16)13(10)15/h4-6,8-9,11H,7H2,1-3H3. The Labute approximate surface area is 114 Å². The highest BCUT2D eigenvalue weighted by molar-refractivity contribution is 9.10. The second-order valence-corrected chi connectivity index (χ2v) is 6.74. The molecule has 0 saturated carbocycles. The minimum Gasteiger partial charge on any atom is -0.206 e. The molecule has 1 rings (SSSR count). The molecule has 0 N–H and O–H groups in total. The molecule has 1 aromatic rings. The van der Waals surface area contributed by atoms with Crippen LogP contribution in [0.25, 0.3) is 0 Å². The largest absolute Gasteiger partial charge is 0.206 e. The SMILES string of the molecule is CC(C)C(Cc1cccc(F)c1Br)C(C)Br. The van der Waals surface area contributed by atoms with Crippen LogP contribution in [0.1, 0.15) is 26.3 Å². The Hall–Kier alpha value is 0.110. The Kier molecular flexibility index (Phi) is 5.45. The summed E-state index contributed by atoms with van der Waals surface area (Å²) in [5.74, 6) is 0.907. The van der Waals surface area contributed by atoms with E-state index in [4.69, 9.17) is 0 Å². The number of hydrogen-bond donors (Lipinski definition) is 0. The maximum Gasteiger partial charge on any atom is 0.137 e. The molecular weight excluding hydrogens is 335 g/mol. The maximum atomic E-state index is 13.4. The summed E-state index contributed by atoms with van der Waals surface area (Å²) in [7, 11) is 0. The lowest BCUT2D eigenvalue weighted by atomic mass is 9.87. The average molecular weight is 352 g/mol. The molecule has 2 unspecified atom stereocenters. The van der Waals surface area contributed by atoms with Crippen molar-refractivity contribution in [2.45, 2.75) is 32.0 Å². The van der Waals surface area contributed by atoms with Gasteiger partial charge in [-0.05, 0) is 45.8 Å². The van der Waals surface area contributed by atoms with Crippen molar-refractivity contribution in [3.63, 3.8) is 0 Å². The lowest BCUT2D eigenvalue weighted by molar-refractivity contribution is 0.382. The first kappa shape index (κ1) is 14.2. The van der Waals surface area contributed by atoms with Crippen LogP contribution in [0, 0.1) is 17.7 Å². The van der Waals surface area contributed by atoms with E-state index < -0.39 is 0 Å². The van der Waals surface area contributed by atoms with Crippen LogP contribution in [0.4, 0.5) is 4.39 Å². The first-order valence-electron chi connectivity index (χ1n) is 5.50. The van der Waals surface area contributed by atoms with E-state index in [0.717, 1.165) is 12.0 Å². The first-order chi connectivity index (χ1) is 7.43. The molecule has 0 fully saturated rings. The minimum atomic E-state index is -0.178. The topological polar surface area (TPSA) is 0 Å². The highest BCUT2D eigenvalue weighted by Gasteiger charge is 2.20. The summed E-state index contributed by atoms with van der Waals surface area (Å²) in [6, 6.07) is 5.24. The molecule has 0 radical (unpaired) electrons. The van der Waals surface area contributed by atoms with Gasteiger partial charge in [0, 0.05) is 4.83 Å². The molecule has 2 atom stereocenters. The summed E-state index contributed by atoms with van der Waals surface area (Å²) in [5, 5.41) is 0. The summed E-state index contributed by atoms with van der Waals surface area (Å²) in [4.78, 5) is 0.433. The number of alkyl halides is 1. The van der Waals surface area contributed by atoms with Gasteiger partial charge in [0.05, 0.1) is 4.47 Å². The van der Waals surface area contributed by atoms with Crippen LogP contribution in [0.2, 0.25) is 0 Å². The number of halogens is 3. The van der Waals surface area contributed by atoms with Gasteiger partial charge in [-0.2, -0.15) is 0 Å². The predicted octanol–water partition coefficient (Wildman–Crippen LogP) is 5.19. The van der Waals surface area contributed by atoms with E-state index in [1.807, 2.05) is 6.07 Å². The molecule has 0 heterocycles. The van der Waals surface area contributed by atoms with Crippen LogP contribution in [0.3, 0.4) is 0 Å².